The third kappa shape index (κ3) is 4.86. The molecule has 0 radical (unpaired) electrons. The van der Waals surface area contributed by atoms with Gasteiger partial charge >= 0.3 is 7.60 Å². The number of nitro groups is 1. The van der Waals surface area contributed by atoms with E-state index in [2.05, 4.69) is 10.5 Å². The third-order valence-electron chi connectivity index (χ3n) is 3.36. The average molecular weight is 343 g/mol. The van der Waals surface area contributed by atoms with E-state index >= 15 is 0 Å². The van der Waals surface area contributed by atoms with Gasteiger partial charge in [0.05, 0.1) is 15.8 Å². The Bertz CT molecular complexity index is 620. The standard InChI is InChI=1S/C14H22N3O5P/c1-11(10-14(2,3)23(20,21-4)22-5)15-16-12-6-8-13(9-7-12)17(18)19/h6-9,16H,10H2,1-5H3. The molecule has 0 aliphatic heterocycles. The number of benzene rings is 1. The minimum atomic E-state index is -3.23. The Hall–Kier alpha value is -1.76. The molecule has 0 spiro atoms. The van der Waals surface area contributed by atoms with Crippen LogP contribution in [0, 0.1) is 10.1 Å². The van der Waals surface area contributed by atoms with Gasteiger partial charge in [-0.15, -0.1) is 0 Å². The van der Waals surface area contributed by atoms with Gasteiger partial charge in [0.15, 0.2) is 0 Å². The SMILES string of the molecule is COP(=O)(OC)C(C)(C)CC(C)=NNc1ccc([N+](=O)[O-])cc1. The lowest BCUT2D eigenvalue weighted by Gasteiger charge is -2.30. The van der Waals surface area contributed by atoms with Crippen LogP contribution in [0.1, 0.15) is 27.2 Å². The zero-order chi connectivity index (χ0) is 17.7. The van der Waals surface area contributed by atoms with Crippen molar-refractivity contribution < 1.29 is 18.5 Å². The molecule has 1 aromatic rings. The van der Waals surface area contributed by atoms with Gasteiger partial charge in [-0.05, 0) is 32.9 Å². The number of nitrogens with zero attached hydrogens (tertiary/aromatic N) is 2. The number of anilines is 1. The first kappa shape index (κ1) is 19.3. The van der Waals surface area contributed by atoms with Crippen molar-refractivity contribution in [2.75, 3.05) is 19.6 Å². The molecule has 0 aliphatic carbocycles. The minimum Gasteiger partial charge on any atom is -0.312 e. The Morgan fingerprint density at radius 2 is 1.83 bits per heavy atom. The van der Waals surface area contributed by atoms with Gasteiger partial charge in [-0.2, -0.15) is 5.10 Å². The molecule has 8 nitrogen and oxygen atoms in total. The molecule has 0 aromatic heterocycles. The van der Waals surface area contributed by atoms with Crippen molar-refractivity contribution in [1.29, 1.82) is 0 Å². The van der Waals surface area contributed by atoms with Gasteiger partial charge < -0.3 is 9.05 Å². The smallest absolute Gasteiger partial charge is 0.312 e. The van der Waals surface area contributed by atoms with Gasteiger partial charge in [-0.3, -0.25) is 20.1 Å². The van der Waals surface area contributed by atoms with E-state index in [1.807, 2.05) is 0 Å². The predicted octanol–water partition coefficient (Wildman–Crippen LogP) is 4.04. The highest BCUT2D eigenvalue weighted by Gasteiger charge is 2.42. The van der Waals surface area contributed by atoms with Crippen molar-refractivity contribution >= 4 is 24.7 Å². The molecule has 0 amide bonds. The first-order chi connectivity index (χ1) is 10.6. The number of non-ortho nitro benzene ring substituents is 1. The van der Waals surface area contributed by atoms with E-state index in [-0.39, 0.29) is 5.69 Å². The molecule has 0 heterocycles. The monoisotopic (exact) mass is 343 g/mol. The molecular formula is C14H22N3O5P. The highest BCUT2D eigenvalue weighted by Crippen LogP contribution is 2.60. The quantitative estimate of drug-likeness (QED) is 0.331. The van der Waals surface area contributed by atoms with Crippen molar-refractivity contribution in [2.45, 2.75) is 32.3 Å². The molecule has 0 fully saturated rings. The summed E-state index contributed by atoms with van der Waals surface area (Å²) in [7, 11) is -0.525. The lowest BCUT2D eigenvalue weighted by Crippen LogP contribution is -2.25. The fraction of sp³-hybridized carbons (Fsp3) is 0.500. The Balaban J connectivity index is 2.77. The predicted molar refractivity (Wildman–Crippen MR) is 90.1 cm³/mol. The fourth-order valence-electron chi connectivity index (χ4n) is 2.15. The van der Waals surface area contributed by atoms with E-state index in [1.54, 1.807) is 32.9 Å². The molecule has 1 aromatic carbocycles. The molecule has 0 saturated carbocycles. The van der Waals surface area contributed by atoms with Crippen LogP contribution >= 0.6 is 7.60 Å². The van der Waals surface area contributed by atoms with Gasteiger partial charge in [0.25, 0.3) is 5.69 Å². The molecule has 9 heteroatoms. The van der Waals surface area contributed by atoms with E-state index in [4.69, 9.17) is 9.05 Å². The van der Waals surface area contributed by atoms with Gasteiger partial charge in [0.1, 0.15) is 0 Å². The van der Waals surface area contributed by atoms with Crippen LogP contribution < -0.4 is 5.43 Å². The maximum absolute atomic E-state index is 12.5. The van der Waals surface area contributed by atoms with Gasteiger partial charge in [0.2, 0.25) is 0 Å². The van der Waals surface area contributed by atoms with Crippen LogP contribution in [0.25, 0.3) is 0 Å². The molecule has 0 atom stereocenters. The van der Waals surface area contributed by atoms with Crippen LogP contribution in [-0.4, -0.2) is 30.0 Å². The van der Waals surface area contributed by atoms with E-state index in [0.717, 1.165) is 0 Å². The Labute approximate surface area is 135 Å². The summed E-state index contributed by atoms with van der Waals surface area (Å²) in [4.78, 5) is 10.1. The number of hydrogen-bond donors (Lipinski definition) is 1. The fourth-order valence-corrected chi connectivity index (χ4v) is 3.71. The van der Waals surface area contributed by atoms with Crippen LogP contribution in [0.5, 0.6) is 0 Å². The second-order valence-electron chi connectivity index (χ2n) is 5.61. The number of nitrogens with one attached hydrogen (secondary N) is 1. The largest absolute Gasteiger partial charge is 0.336 e. The number of nitro benzene ring substituents is 1. The second-order valence-corrected chi connectivity index (χ2v) is 8.55. The summed E-state index contributed by atoms with van der Waals surface area (Å²) in [5, 5.41) is 14.1. The summed E-state index contributed by atoms with van der Waals surface area (Å²) in [5.41, 5.74) is 4.14. The normalized spacial score (nSPS) is 13.0. The van der Waals surface area contributed by atoms with Crippen LogP contribution in [0.15, 0.2) is 29.4 Å². The lowest BCUT2D eigenvalue weighted by atomic mass is 10.1. The van der Waals surface area contributed by atoms with Crippen LogP contribution in [0.2, 0.25) is 0 Å². The summed E-state index contributed by atoms with van der Waals surface area (Å²) in [6.45, 7) is 5.35. The third-order valence-corrected chi connectivity index (χ3v) is 5.97. The summed E-state index contributed by atoms with van der Waals surface area (Å²) in [5.74, 6) is 0. The first-order valence-electron chi connectivity index (χ1n) is 6.90. The molecule has 1 rings (SSSR count). The number of hydrazone groups is 1. The summed E-state index contributed by atoms with van der Waals surface area (Å²) in [6, 6.07) is 5.91. The zero-order valence-electron chi connectivity index (χ0n) is 13.9. The minimum absolute atomic E-state index is 0.0125. The average Bonchev–Trinajstić information content (AvgIpc) is 2.51. The van der Waals surface area contributed by atoms with Crippen LogP contribution in [-0.2, 0) is 13.6 Å². The first-order valence-corrected chi connectivity index (χ1v) is 8.44. The molecule has 0 bridgehead atoms. The van der Waals surface area contributed by atoms with Gasteiger partial charge in [0, 0.05) is 38.5 Å². The summed E-state index contributed by atoms with van der Waals surface area (Å²) >= 11 is 0. The van der Waals surface area contributed by atoms with Crippen LogP contribution in [0.4, 0.5) is 11.4 Å². The Morgan fingerprint density at radius 3 is 2.26 bits per heavy atom. The van der Waals surface area contributed by atoms with E-state index in [1.165, 1.54) is 26.4 Å². The molecule has 0 aliphatic rings. The van der Waals surface area contributed by atoms with Crippen molar-refractivity contribution in [3.05, 3.63) is 34.4 Å². The number of rotatable bonds is 8. The zero-order valence-corrected chi connectivity index (χ0v) is 14.8. The molecule has 23 heavy (non-hydrogen) atoms. The van der Waals surface area contributed by atoms with Crippen molar-refractivity contribution in [3.63, 3.8) is 0 Å². The van der Waals surface area contributed by atoms with Gasteiger partial charge in [-0.25, -0.2) is 0 Å². The van der Waals surface area contributed by atoms with Gasteiger partial charge in [-0.1, -0.05) is 0 Å². The van der Waals surface area contributed by atoms with E-state index in [0.29, 0.717) is 17.8 Å². The Morgan fingerprint density at radius 1 is 1.30 bits per heavy atom. The number of hydrogen-bond acceptors (Lipinski definition) is 7. The highest BCUT2D eigenvalue weighted by atomic mass is 31.2. The van der Waals surface area contributed by atoms with Crippen molar-refractivity contribution in [3.8, 4) is 0 Å². The summed E-state index contributed by atoms with van der Waals surface area (Å²) in [6.07, 6.45) is 0.395. The van der Waals surface area contributed by atoms with Crippen molar-refractivity contribution in [2.24, 2.45) is 5.10 Å². The maximum atomic E-state index is 12.5. The lowest BCUT2D eigenvalue weighted by molar-refractivity contribution is -0.384. The van der Waals surface area contributed by atoms with Crippen LogP contribution in [0.3, 0.4) is 0 Å². The van der Waals surface area contributed by atoms with E-state index < -0.39 is 17.7 Å². The van der Waals surface area contributed by atoms with Crippen molar-refractivity contribution in [1.82, 2.24) is 0 Å². The summed E-state index contributed by atoms with van der Waals surface area (Å²) < 4.78 is 22.6. The second kappa shape index (κ2) is 7.68. The maximum Gasteiger partial charge on any atom is 0.336 e. The molecule has 0 unspecified atom stereocenters. The van der Waals surface area contributed by atoms with E-state index in [9.17, 15) is 14.7 Å². The molecule has 0 saturated heterocycles. The molecule has 128 valence electrons. The Kier molecular flexibility index (Phi) is 6.44. The highest BCUT2D eigenvalue weighted by molar-refractivity contribution is 7.55. The topological polar surface area (TPSA) is 103 Å². The molecule has 1 N–H and O–H groups in total. The molecular weight excluding hydrogens is 321 g/mol.